The SMILES string of the molecule is O=C(c1ccc(COc2ccc(F)cc2)o1)N1CCCCC1C1OCCO1. The van der Waals surface area contributed by atoms with Gasteiger partial charge in [0.15, 0.2) is 12.1 Å². The van der Waals surface area contributed by atoms with E-state index in [2.05, 4.69) is 0 Å². The second kappa shape index (κ2) is 8.10. The summed E-state index contributed by atoms with van der Waals surface area (Å²) >= 11 is 0. The summed E-state index contributed by atoms with van der Waals surface area (Å²) in [4.78, 5) is 14.7. The van der Waals surface area contributed by atoms with E-state index in [9.17, 15) is 9.18 Å². The van der Waals surface area contributed by atoms with Crippen LogP contribution in [-0.4, -0.2) is 42.9 Å². The van der Waals surface area contributed by atoms with Gasteiger partial charge in [-0.3, -0.25) is 4.79 Å². The number of piperidine rings is 1. The molecule has 2 aliphatic heterocycles. The molecule has 27 heavy (non-hydrogen) atoms. The predicted octanol–water partition coefficient (Wildman–Crippen LogP) is 3.37. The summed E-state index contributed by atoms with van der Waals surface area (Å²) in [5, 5.41) is 0. The van der Waals surface area contributed by atoms with Crippen molar-refractivity contribution in [3.63, 3.8) is 0 Å². The summed E-state index contributed by atoms with van der Waals surface area (Å²) in [6, 6.07) is 9.05. The average molecular weight is 375 g/mol. The Morgan fingerprint density at radius 2 is 1.89 bits per heavy atom. The van der Waals surface area contributed by atoms with Crippen LogP contribution in [-0.2, 0) is 16.1 Å². The molecule has 2 fully saturated rings. The molecule has 4 rings (SSSR count). The van der Waals surface area contributed by atoms with Crippen LogP contribution in [0.1, 0.15) is 35.6 Å². The van der Waals surface area contributed by atoms with E-state index in [0.717, 1.165) is 19.3 Å². The predicted molar refractivity (Wildman–Crippen MR) is 93.8 cm³/mol. The van der Waals surface area contributed by atoms with Crippen molar-refractivity contribution in [2.45, 2.75) is 38.2 Å². The molecule has 0 bridgehead atoms. The van der Waals surface area contributed by atoms with E-state index in [4.69, 9.17) is 18.6 Å². The van der Waals surface area contributed by atoms with Gasteiger partial charge in [0.2, 0.25) is 0 Å². The number of hydrogen-bond acceptors (Lipinski definition) is 5. The number of furan rings is 1. The molecule has 2 aliphatic rings. The fraction of sp³-hybridized carbons (Fsp3) is 0.450. The summed E-state index contributed by atoms with van der Waals surface area (Å²) in [6.45, 7) is 1.95. The maximum Gasteiger partial charge on any atom is 0.289 e. The number of amides is 1. The van der Waals surface area contributed by atoms with Crippen LogP contribution in [0.5, 0.6) is 5.75 Å². The van der Waals surface area contributed by atoms with E-state index in [1.165, 1.54) is 12.1 Å². The van der Waals surface area contributed by atoms with Crippen LogP contribution >= 0.6 is 0 Å². The molecule has 0 saturated carbocycles. The number of benzene rings is 1. The van der Waals surface area contributed by atoms with Gasteiger partial charge in [0.1, 0.15) is 23.9 Å². The lowest BCUT2D eigenvalue weighted by atomic mass is 10.0. The van der Waals surface area contributed by atoms with Crippen LogP contribution in [0.2, 0.25) is 0 Å². The topological polar surface area (TPSA) is 61.1 Å². The van der Waals surface area contributed by atoms with Gasteiger partial charge >= 0.3 is 0 Å². The third-order valence-electron chi connectivity index (χ3n) is 4.84. The van der Waals surface area contributed by atoms with E-state index in [-0.39, 0.29) is 36.4 Å². The average Bonchev–Trinajstić information content (AvgIpc) is 3.39. The maximum atomic E-state index is 12.9. The van der Waals surface area contributed by atoms with Crippen LogP contribution in [0.3, 0.4) is 0 Å². The van der Waals surface area contributed by atoms with E-state index >= 15 is 0 Å². The number of halogens is 1. The molecule has 0 spiro atoms. The third-order valence-corrected chi connectivity index (χ3v) is 4.84. The van der Waals surface area contributed by atoms with Gasteiger partial charge in [-0.15, -0.1) is 0 Å². The fourth-order valence-corrected chi connectivity index (χ4v) is 3.49. The first-order valence-electron chi connectivity index (χ1n) is 9.22. The van der Waals surface area contributed by atoms with Crippen molar-refractivity contribution in [3.8, 4) is 5.75 Å². The van der Waals surface area contributed by atoms with Gasteiger partial charge in [-0.05, 0) is 55.7 Å². The Labute approximate surface area is 156 Å². The standard InChI is InChI=1S/C20H22FNO5/c21-14-4-6-15(7-5-14)26-13-16-8-9-18(27-16)19(23)22-10-2-1-3-17(22)20-24-11-12-25-20/h4-9,17,20H,1-3,10-13H2. The van der Waals surface area contributed by atoms with Crippen molar-refractivity contribution < 1.29 is 27.8 Å². The number of nitrogens with zero attached hydrogens (tertiary/aromatic N) is 1. The van der Waals surface area contributed by atoms with Gasteiger partial charge < -0.3 is 23.5 Å². The van der Waals surface area contributed by atoms with Crippen molar-refractivity contribution >= 4 is 5.91 Å². The molecule has 1 aromatic heterocycles. The second-order valence-electron chi connectivity index (χ2n) is 6.68. The molecule has 3 heterocycles. The van der Waals surface area contributed by atoms with Crippen molar-refractivity contribution in [2.75, 3.05) is 19.8 Å². The first kappa shape index (κ1) is 18.0. The van der Waals surface area contributed by atoms with Gasteiger partial charge in [0, 0.05) is 6.54 Å². The van der Waals surface area contributed by atoms with Crippen LogP contribution in [0.25, 0.3) is 0 Å². The smallest absolute Gasteiger partial charge is 0.289 e. The van der Waals surface area contributed by atoms with Crippen molar-refractivity contribution in [1.82, 2.24) is 4.90 Å². The number of carbonyl (C=O) groups is 1. The third kappa shape index (κ3) is 4.14. The molecular weight excluding hydrogens is 353 g/mol. The Balaban J connectivity index is 1.40. The monoisotopic (exact) mass is 375 g/mol. The molecule has 1 atom stereocenters. The Hall–Kier alpha value is -2.38. The zero-order chi connectivity index (χ0) is 18.6. The Morgan fingerprint density at radius 3 is 2.67 bits per heavy atom. The molecule has 1 amide bonds. The first-order valence-corrected chi connectivity index (χ1v) is 9.22. The van der Waals surface area contributed by atoms with Crippen LogP contribution in [0, 0.1) is 5.82 Å². The molecule has 1 unspecified atom stereocenters. The van der Waals surface area contributed by atoms with Gasteiger partial charge in [-0.25, -0.2) is 4.39 Å². The van der Waals surface area contributed by atoms with Gasteiger partial charge in [0.25, 0.3) is 5.91 Å². The molecule has 6 nitrogen and oxygen atoms in total. The lowest BCUT2D eigenvalue weighted by molar-refractivity contribution is -0.100. The lowest BCUT2D eigenvalue weighted by Gasteiger charge is -2.37. The highest BCUT2D eigenvalue weighted by Crippen LogP contribution is 2.26. The quantitative estimate of drug-likeness (QED) is 0.802. The number of rotatable bonds is 5. The molecule has 0 radical (unpaired) electrons. The number of hydrogen-bond donors (Lipinski definition) is 0. The minimum atomic E-state index is -0.356. The second-order valence-corrected chi connectivity index (χ2v) is 6.68. The summed E-state index contributed by atoms with van der Waals surface area (Å²) in [6.07, 6.45) is 2.51. The zero-order valence-electron chi connectivity index (χ0n) is 14.9. The minimum Gasteiger partial charge on any atom is -0.486 e. The van der Waals surface area contributed by atoms with Crippen molar-refractivity contribution in [1.29, 1.82) is 0 Å². The van der Waals surface area contributed by atoms with Crippen molar-refractivity contribution in [3.05, 3.63) is 53.7 Å². The van der Waals surface area contributed by atoms with Crippen LogP contribution in [0.4, 0.5) is 4.39 Å². The van der Waals surface area contributed by atoms with Crippen molar-refractivity contribution in [2.24, 2.45) is 0 Å². The highest BCUT2D eigenvalue weighted by Gasteiger charge is 2.37. The molecule has 0 N–H and O–H groups in total. The fourth-order valence-electron chi connectivity index (χ4n) is 3.49. The molecule has 2 aromatic rings. The minimum absolute atomic E-state index is 0.0854. The first-order chi connectivity index (χ1) is 13.2. The number of ether oxygens (including phenoxy) is 3. The van der Waals surface area contributed by atoms with Gasteiger partial charge in [-0.1, -0.05) is 0 Å². The lowest BCUT2D eigenvalue weighted by Crippen LogP contribution is -2.50. The van der Waals surface area contributed by atoms with Gasteiger partial charge in [0.05, 0.1) is 19.3 Å². The summed E-state index contributed by atoms with van der Waals surface area (Å²) in [5.74, 6) is 0.862. The Kier molecular flexibility index (Phi) is 5.40. The molecule has 2 saturated heterocycles. The molecular formula is C20H22FNO5. The van der Waals surface area contributed by atoms with Gasteiger partial charge in [-0.2, -0.15) is 0 Å². The van der Waals surface area contributed by atoms with Crippen LogP contribution in [0.15, 0.2) is 40.8 Å². The highest BCUT2D eigenvalue weighted by atomic mass is 19.1. The molecule has 7 heteroatoms. The molecule has 0 aliphatic carbocycles. The van der Waals surface area contributed by atoms with E-state index in [0.29, 0.717) is 31.3 Å². The van der Waals surface area contributed by atoms with Crippen LogP contribution < -0.4 is 4.74 Å². The van der Waals surface area contributed by atoms with E-state index < -0.39 is 0 Å². The normalized spacial score (nSPS) is 20.8. The Morgan fingerprint density at radius 1 is 1.11 bits per heavy atom. The summed E-state index contributed by atoms with van der Waals surface area (Å²) in [7, 11) is 0. The maximum absolute atomic E-state index is 12.9. The number of carbonyl (C=O) groups excluding carboxylic acids is 1. The highest BCUT2D eigenvalue weighted by molar-refractivity contribution is 5.91. The summed E-state index contributed by atoms with van der Waals surface area (Å²) in [5.41, 5.74) is 0. The molecule has 144 valence electrons. The summed E-state index contributed by atoms with van der Waals surface area (Å²) < 4.78 is 35.4. The van der Waals surface area contributed by atoms with E-state index in [1.807, 2.05) is 0 Å². The van der Waals surface area contributed by atoms with E-state index in [1.54, 1.807) is 29.2 Å². The zero-order valence-corrected chi connectivity index (χ0v) is 14.9. The molecule has 1 aromatic carbocycles. The Bertz CT molecular complexity index is 769. The largest absolute Gasteiger partial charge is 0.486 e. The number of likely N-dealkylation sites (tertiary alicyclic amines) is 1.